The minimum Gasteiger partial charge on any atom is -0.440 e. The largest absolute Gasteiger partial charge is 0.440 e. The molecule has 8 heteroatoms. The van der Waals surface area contributed by atoms with E-state index in [0.29, 0.717) is 12.7 Å². The van der Waals surface area contributed by atoms with Crippen molar-refractivity contribution in [3.05, 3.63) is 38.7 Å². The first-order chi connectivity index (χ1) is 9.01. The van der Waals surface area contributed by atoms with Crippen molar-refractivity contribution in [1.82, 2.24) is 4.72 Å². The van der Waals surface area contributed by atoms with Gasteiger partial charge in [0.05, 0.1) is 3.79 Å². The van der Waals surface area contributed by atoms with E-state index in [9.17, 15) is 13.2 Å². The Kier molecular flexibility index (Phi) is 4.56. The Hall–Kier alpha value is -0.960. The number of carbonyl (C=O) groups is 1. The number of furan rings is 1. The molecular formula is C11H10BrNO4S2. The van der Waals surface area contributed by atoms with Crippen LogP contribution >= 0.6 is 27.3 Å². The van der Waals surface area contributed by atoms with E-state index in [1.165, 1.54) is 12.1 Å². The van der Waals surface area contributed by atoms with Crippen LogP contribution in [-0.2, 0) is 16.4 Å². The van der Waals surface area contributed by atoms with Crippen LogP contribution in [0.4, 0.5) is 0 Å². The molecule has 2 aromatic rings. The molecule has 2 rings (SSSR count). The van der Waals surface area contributed by atoms with E-state index in [1.54, 1.807) is 11.3 Å². The summed E-state index contributed by atoms with van der Waals surface area (Å²) < 4.78 is 32.0. The standard InChI is InChI=1S/C11H10BrNO4S2/c12-10-3-2-9(18-10)5-6-13-19(15,16)11-4-1-8(7-14)17-11/h1-4,7,13H,5-6H2. The highest BCUT2D eigenvalue weighted by Gasteiger charge is 2.18. The third kappa shape index (κ3) is 3.75. The fraction of sp³-hybridized carbons (Fsp3) is 0.182. The van der Waals surface area contributed by atoms with Gasteiger partial charge in [0.2, 0.25) is 5.09 Å². The number of hydrogen-bond acceptors (Lipinski definition) is 5. The minimum absolute atomic E-state index is 0.0115. The van der Waals surface area contributed by atoms with Gasteiger partial charge in [0.25, 0.3) is 10.0 Å². The fourth-order valence-electron chi connectivity index (χ4n) is 1.41. The molecule has 0 atom stereocenters. The Balaban J connectivity index is 1.96. The minimum atomic E-state index is -3.70. The lowest BCUT2D eigenvalue weighted by Gasteiger charge is -2.02. The molecule has 0 saturated heterocycles. The van der Waals surface area contributed by atoms with E-state index in [2.05, 4.69) is 20.7 Å². The zero-order chi connectivity index (χ0) is 13.9. The van der Waals surface area contributed by atoms with E-state index < -0.39 is 10.0 Å². The van der Waals surface area contributed by atoms with Gasteiger partial charge in [0.1, 0.15) is 0 Å². The highest BCUT2D eigenvalue weighted by atomic mass is 79.9. The van der Waals surface area contributed by atoms with Gasteiger partial charge in [-0.15, -0.1) is 11.3 Å². The van der Waals surface area contributed by atoms with Gasteiger partial charge in [-0.2, -0.15) is 0 Å². The van der Waals surface area contributed by atoms with Gasteiger partial charge in [0, 0.05) is 11.4 Å². The maximum absolute atomic E-state index is 11.8. The number of aldehydes is 1. The zero-order valence-corrected chi connectivity index (χ0v) is 12.8. The Bertz CT molecular complexity index is 674. The third-order valence-electron chi connectivity index (χ3n) is 2.28. The summed E-state index contributed by atoms with van der Waals surface area (Å²) in [5.41, 5.74) is 0. The van der Waals surface area contributed by atoms with Gasteiger partial charge in [0.15, 0.2) is 12.0 Å². The monoisotopic (exact) mass is 363 g/mol. The van der Waals surface area contributed by atoms with Crippen LogP contribution in [0.15, 0.2) is 37.6 Å². The second-order valence-corrected chi connectivity index (χ2v) is 7.87. The summed E-state index contributed by atoms with van der Waals surface area (Å²) in [5, 5.41) is -0.248. The van der Waals surface area contributed by atoms with Gasteiger partial charge >= 0.3 is 0 Å². The molecule has 0 unspecified atom stereocenters. The molecule has 0 aliphatic heterocycles. The maximum atomic E-state index is 11.8. The molecule has 0 saturated carbocycles. The molecule has 0 aliphatic rings. The molecule has 0 radical (unpaired) electrons. The van der Waals surface area contributed by atoms with Gasteiger partial charge in [-0.05, 0) is 46.6 Å². The van der Waals surface area contributed by atoms with E-state index >= 15 is 0 Å². The Morgan fingerprint density at radius 1 is 1.32 bits per heavy atom. The van der Waals surface area contributed by atoms with Crippen molar-refractivity contribution in [2.75, 3.05) is 6.54 Å². The molecule has 102 valence electrons. The predicted octanol–water partition coefficient (Wildman–Crippen LogP) is 2.44. The van der Waals surface area contributed by atoms with Crippen molar-refractivity contribution in [3.8, 4) is 0 Å². The summed E-state index contributed by atoms with van der Waals surface area (Å²) >= 11 is 4.90. The molecule has 0 aromatic carbocycles. The lowest BCUT2D eigenvalue weighted by atomic mass is 10.3. The molecular weight excluding hydrogens is 354 g/mol. The van der Waals surface area contributed by atoms with Crippen LogP contribution in [0, 0.1) is 0 Å². The van der Waals surface area contributed by atoms with E-state index in [1.807, 2.05) is 12.1 Å². The van der Waals surface area contributed by atoms with Crippen molar-refractivity contribution in [1.29, 1.82) is 0 Å². The van der Waals surface area contributed by atoms with Crippen LogP contribution in [0.2, 0.25) is 0 Å². The predicted molar refractivity (Wildman–Crippen MR) is 75.0 cm³/mol. The van der Waals surface area contributed by atoms with Gasteiger partial charge < -0.3 is 4.42 Å². The number of rotatable bonds is 6. The summed E-state index contributed by atoms with van der Waals surface area (Å²) in [6, 6.07) is 6.42. The number of halogens is 1. The topological polar surface area (TPSA) is 76.4 Å². The van der Waals surface area contributed by atoms with Crippen LogP contribution < -0.4 is 4.72 Å². The average Bonchev–Trinajstić information content (AvgIpc) is 2.98. The van der Waals surface area contributed by atoms with Crippen molar-refractivity contribution in [3.63, 3.8) is 0 Å². The summed E-state index contributed by atoms with van der Waals surface area (Å²) in [6.45, 7) is 0.270. The summed E-state index contributed by atoms with van der Waals surface area (Å²) in [7, 11) is -3.70. The SMILES string of the molecule is O=Cc1ccc(S(=O)(=O)NCCc2ccc(Br)s2)o1. The van der Waals surface area contributed by atoms with Gasteiger partial charge in [-0.3, -0.25) is 4.79 Å². The van der Waals surface area contributed by atoms with Crippen LogP contribution in [0.3, 0.4) is 0 Å². The second-order valence-electron chi connectivity index (χ2n) is 3.63. The molecule has 5 nitrogen and oxygen atoms in total. The van der Waals surface area contributed by atoms with Crippen molar-refractivity contribution in [2.45, 2.75) is 11.5 Å². The van der Waals surface area contributed by atoms with Crippen LogP contribution in [0.25, 0.3) is 0 Å². The Morgan fingerprint density at radius 3 is 2.68 bits per heavy atom. The molecule has 0 spiro atoms. The Labute approximate surface area is 122 Å². The zero-order valence-electron chi connectivity index (χ0n) is 9.63. The summed E-state index contributed by atoms with van der Waals surface area (Å²) in [5.74, 6) is -0.0115. The normalized spacial score (nSPS) is 11.6. The highest BCUT2D eigenvalue weighted by molar-refractivity contribution is 9.11. The van der Waals surface area contributed by atoms with Crippen LogP contribution in [0.5, 0.6) is 0 Å². The van der Waals surface area contributed by atoms with Gasteiger partial charge in [-0.25, -0.2) is 13.1 Å². The first kappa shape index (κ1) is 14.4. The van der Waals surface area contributed by atoms with Crippen molar-refractivity contribution < 1.29 is 17.6 Å². The summed E-state index contributed by atoms with van der Waals surface area (Å²) in [6.07, 6.45) is 1.05. The molecule has 1 N–H and O–H groups in total. The number of carbonyl (C=O) groups excluding carboxylic acids is 1. The molecule has 0 fully saturated rings. The Morgan fingerprint density at radius 2 is 2.11 bits per heavy atom. The van der Waals surface area contributed by atoms with Crippen LogP contribution in [0.1, 0.15) is 15.4 Å². The maximum Gasteiger partial charge on any atom is 0.273 e. The van der Waals surface area contributed by atoms with Crippen molar-refractivity contribution >= 4 is 43.6 Å². The van der Waals surface area contributed by atoms with E-state index in [-0.39, 0.29) is 17.4 Å². The molecule has 19 heavy (non-hydrogen) atoms. The third-order valence-corrected chi connectivity index (χ3v) is 5.29. The smallest absolute Gasteiger partial charge is 0.273 e. The number of nitrogens with one attached hydrogen (secondary N) is 1. The molecule has 0 bridgehead atoms. The highest BCUT2D eigenvalue weighted by Crippen LogP contribution is 2.22. The van der Waals surface area contributed by atoms with Crippen LogP contribution in [-0.4, -0.2) is 21.2 Å². The van der Waals surface area contributed by atoms with Crippen molar-refractivity contribution in [2.24, 2.45) is 0 Å². The first-order valence-corrected chi connectivity index (χ1v) is 8.39. The fourth-order valence-corrected chi connectivity index (χ4v) is 3.86. The first-order valence-electron chi connectivity index (χ1n) is 5.30. The number of thiophene rings is 1. The quantitative estimate of drug-likeness (QED) is 0.799. The molecule has 2 aromatic heterocycles. The van der Waals surface area contributed by atoms with Gasteiger partial charge in [-0.1, -0.05) is 0 Å². The lowest BCUT2D eigenvalue weighted by Crippen LogP contribution is -2.25. The number of sulfonamides is 1. The molecule has 0 aliphatic carbocycles. The molecule has 2 heterocycles. The lowest BCUT2D eigenvalue weighted by molar-refractivity contribution is 0.109. The summed E-state index contributed by atoms with van der Waals surface area (Å²) in [4.78, 5) is 11.5. The second kappa shape index (κ2) is 6.00. The number of hydrogen-bond donors (Lipinski definition) is 1. The average molecular weight is 364 g/mol. The van der Waals surface area contributed by atoms with E-state index in [0.717, 1.165) is 8.66 Å². The molecule has 0 amide bonds. The van der Waals surface area contributed by atoms with E-state index in [4.69, 9.17) is 4.42 Å².